The lowest BCUT2D eigenvalue weighted by Crippen LogP contribution is -1.93. The van der Waals surface area contributed by atoms with Crippen molar-refractivity contribution in [2.45, 2.75) is 65.7 Å². The first-order valence-corrected chi connectivity index (χ1v) is 8.47. The van der Waals surface area contributed by atoms with Crippen molar-refractivity contribution in [3.63, 3.8) is 0 Å². The number of hydrogen-bond acceptors (Lipinski definition) is 0. The van der Waals surface area contributed by atoms with Gasteiger partial charge in [-0.15, -0.1) is 7.92 Å². The molecule has 0 aliphatic carbocycles. The zero-order valence-corrected chi connectivity index (χ0v) is 11.4. The molecule has 0 radical (unpaired) electrons. The SMILES string of the molecule is CCCCCCCP(CC)CCCC. The second-order valence-corrected chi connectivity index (χ2v) is 7.07. The second-order valence-electron chi connectivity index (χ2n) is 4.20. The fourth-order valence-corrected chi connectivity index (χ4v) is 4.04. The molecule has 0 fully saturated rings. The van der Waals surface area contributed by atoms with Crippen LogP contribution in [0.1, 0.15) is 65.7 Å². The molecule has 1 unspecified atom stereocenters. The van der Waals surface area contributed by atoms with Gasteiger partial charge in [-0.2, -0.15) is 0 Å². The van der Waals surface area contributed by atoms with Crippen molar-refractivity contribution in [3.05, 3.63) is 0 Å². The summed E-state index contributed by atoms with van der Waals surface area (Å²) in [5.74, 6) is 0. The fraction of sp³-hybridized carbons (Fsp3) is 1.00. The van der Waals surface area contributed by atoms with Gasteiger partial charge in [-0.25, -0.2) is 0 Å². The molecule has 86 valence electrons. The highest BCUT2D eigenvalue weighted by atomic mass is 31.1. The van der Waals surface area contributed by atoms with Crippen LogP contribution in [0.15, 0.2) is 0 Å². The Kier molecular flexibility index (Phi) is 11.9. The summed E-state index contributed by atoms with van der Waals surface area (Å²) in [5.41, 5.74) is 0. The minimum atomic E-state index is 0.415. The summed E-state index contributed by atoms with van der Waals surface area (Å²) < 4.78 is 0. The smallest absolute Gasteiger partial charge is 0.0326 e. The first-order valence-electron chi connectivity index (χ1n) is 6.57. The lowest BCUT2D eigenvalue weighted by atomic mass is 10.2. The molecule has 14 heavy (non-hydrogen) atoms. The molecule has 0 aliphatic rings. The molecule has 1 heteroatoms. The van der Waals surface area contributed by atoms with Crippen LogP contribution in [0.25, 0.3) is 0 Å². The van der Waals surface area contributed by atoms with Crippen LogP contribution in [0.2, 0.25) is 0 Å². The van der Waals surface area contributed by atoms with Gasteiger partial charge in [-0.05, 0) is 31.3 Å². The van der Waals surface area contributed by atoms with Crippen LogP contribution in [-0.4, -0.2) is 18.5 Å². The summed E-state index contributed by atoms with van der Waals surface area (Å²) in [6, 6.07) is 0. The summed E-state index contributed by atoms with van der Waals surface area (Å²) in [6.07, 6.45) is 14.7. The van der Waals surface area contributed by atoms with Gasteiger partial charge in [0, 0.05) is 0 Å². The van der Waals surface area contributed by atoms with Crippen molar-refractivity contribution in [1.82, 2.24) is 0 Å². The summed E-state index contributed by atoms with van der Waals surface area (Å²) in [5, 5.41) is 0. The van der Waals surface area contributed by atoms with Crippen LogP contribution >= 0.6 is 7.92 Å². The average Bonchev–Trinajstić information content (AvgIpc) is 2.22. The van der Waals surface area contributed by atoms with Crippen molar-refractivity contribution >= 4 is 7.92 Å². The largest absolute Gasteiger partial charge is 0.107 e. The molecule has 0 aliphatic heterocycles. The van der Waals surface area contributed by atoms with Crippen LogP contribution in [0.4, 0.5) is 0 Å². The average molecular weight is 216 g/mol. The van der Waals surface area contributed by atoms with E-state index in [-0.39, 0.29) is 0 Å². The highest BCUT2D eigenvalue weighted by molar-refractivity contribution is 7.57. The van der Waals surface area contributed by atoms with Crippen molar-refractivity contribution in [3.8, 4) is 0 Å². The molecule has 0 bridgehead atoms. The molecular formula is C13H29P. The molecule has 0 heterocycles. The summed E-state index contributed by atoms with van der Waals surface area (Å²) in [4.78, 5) is 0. The third kappa shape index (κ3) is 9.00. The fourth-order valence-electron chi connectivity index (χ4n) is 1.75. The lowest BCUT2D eigenvalue weighted by Gasteiger charge is -2.14. The quantitative estimate of drug-likeness (QED) is 0.345. The topological polar surface area (TPSA) is 0 Å². The molecule has 0 aromatic heterocycles. The maximum atomic E-state index is 2.38. The van der Waals surface area contributed by atoms with Gasteiger partial charge in [0.1, 0.15) is 0 Å². The van der Waals surface area contributed by atoms with Gasteiger partial charge in [-0.1, -0.05) is 52.9 Å². The van der Waals surface area contributed by atoms with Gasteiger partial charge in [0.25, 0.3) is 0 Å². The molecule has 0 saturated carbocycles. The second kappa shape index (κ2) is 11.5. The van der Waals surface area contributed by atoms with E-state index < -0.39 is 0 Å². The number of hydrogen-bond donors (Lipinski definition) is 0. The van der Waals surface area contributed by atoms with Gasteiger partial charge in [-0.3, -0.25) is 0 Å². The highest BCUT2D eigenvalue weighted by Gasteiger charge is 2.03. The van der Waals surface area contributed by atoms with E-state index >= 15 is 0 Å². The Morgan fingerprint density at radius 1 is 0.643 bits per heavy atom. The van der Waals surface area contributed by atoms with Crippen molar-refractivity contribution in [2.24, 2.45) is 0 Å². The summed E-state index contributed by atoms with van der Waals surface area (Å²) in [7, 11) is 0.415. The highest BCUT2D eigenvalue weighted by Crippen LogP contribution is 2.37. The molecule has 0 N–H and O–H groups in total. The van der Waals surface area contributed by atoms with Crippen molar-refractivity contribution in [2.75, 3.05) is 18.5 Å². The van der Waals surface area contributed by atoms with Gasteiger partial charge in [0.2, 0.25) is 0 Å². The van der Waals surface area contributed by atoms with E-state index in [0.717, 1.165) is 0 Å². The molecule has 1 atom stereocenters. The molecule has 0 rings (SSSR count). The summed E-state index contributed by atoms with van der Waals surface area (Å²) >= 11 is 0. The zero-order valence-electron chi connectivity index (χ0n) is 10.5. The van der Waals surface area contributed by atoms with E-state index in [0.29, 0.717) is 7.92 Å². The van der Waals surface area contributed by atoms with Gasteiger partial charge < -0.3 is 0 Å². The Morgan fingerprint density at radius 3 is 1.79 bits per heavy atom. The van der Waals surface area contributed by atoms with Crippen molar-refractivity contribution in [1.29, 1.82) is 0 Å². The maximum Gasteiger partial charge on any atom is -0.0326 e. The third-order valence-electron chi connectivity index (χ3n) is 2.85. The normalized spacial score (nSPS) is 13.1. The molecule has 0 amide bonds. The van der Waals surface area contributed by atoms with E-state index in [9.17, 15) is 0 Å². The van der Waals surface area contributed by atoms with Crippen LogP contribution in [0.3, 0.4) is 0 Å². The van der Waals surface area contributed by atoms with Crippen LogP contribution < -0.4 is 0 Å². The minimum Gasteiger partial charge on any atom is -0.107 e. The molecule has 0 aromatic carbocycles. The Morgan fingerprint density at radius 2 is 1.21 bits per heavy atom. The zero-order chi connectivity index (χ0) is 10.6. The van der Waals surface area contributed by atoms with Gasteiger partial charge >= 0.3 is 0 Å². The molecular weight excluding hydrogens is 187 g/mol. The first kappa shape index (κ1) is 14.4. The predicted molar refractivity (Wildman–Crippen MR) is 70.9 cm³/mol. The Labute approximate surface area is 92.6 Å². The third-order valence-corrected chi connectivity index (χ3v) is 5.64. The van der Waals surface area contributed by atoms with Crippen LogP contribution in [0.5, 0.6) is 0 Å². The van der Waals surface area contributed by atoms with E-state index in [1.54, 1.807) is 6.16 Å². The molecule has 0 spiro atoms. The number of rotatable bonds is 10. The standard InChI is InChI=1S/C13H29P/c1-4-7-9-10-11-13-14(6-3)12-8-5-2/h4-13H2,1-3H3. The Bertz CT molecular complexity index is 101. The number of unbranched alkanes of at least 4 members (excludes halogenated alkanes) is 5. The minimum absolute atomic E-state index is 0.415. The molecule has 0 saturated heterocycles. The molecule has 0 nitrogen and oxygen atoms in total. The van der Waals surface area contributed by atoms with Gasteiger partial charge in [0.15, 0.2) is 0 Å². The van der Waals surface area contributed by atoms with Crippen molar-refractivity contribution < 1.29 is 0 Å². The van der Waals surface area contributed by atoms with E-state index in [2.05, 4.69) is 20.8 Å². The van der Waals surface area contributed by atoms with Crippen LogP contribution in [0, 0.1) is 0 Å². The molecule has 0 aromatic rings. The maximum absolute atomic E-state index is 2.38. The summed E-state index contributed by atoms with van der Waals surface area (Å²) in [6.45, 7) is 6.98. The van der Waals surface area contributed by atoms with E-state index in [1.807, 2.05) is 0 Å². The predicted octanol–water partition coefficient (Wildman–Crippen LogP) is 5.26. The Hall–Kier alpha value is 0.430. The first-order chi connectivity index (χ1) is 6.85. The van der Waals surface area contributed by atoms with E-state index in [1.165, 1.54) is 57.3 Å². The van der Waals surface area contributed by atoms with Crippen LogP contribution in [-0.2, 0) is 0 Å². The van der Waals surface area contributed by atoms with Gasteiger partial charge in [0.05, 0.1) is 0 Å². The lowest BCUT2D eigenvalue weighted by molar-refractivity contribution is 0.658. The monoisotopic (exact) mass is 216 g/mol. The van der Waals surface area contributed by atoms with E-state index in [4.69, 9.17) is 0 Å². The Balaban J connectivity index is 3.24.